The van der Waals surface area contributed by atoms with E-state index >= 15 is 4.39 Å². The number of hydrogen-bond acceptors (Lipinski definition) is 8. The van der Waals surface area contributed by atoms with Gasteiger partial charge in [-0.05, 0) is 42.5 Å². The zero-order valence-corrected chi connectivity index (χ0v) is 25.6. The Bertz CT molecular complexity index is 1960. The molecule has 0 unspecified atom stereocenters. The van der Waals surface area contributed by atoms with Crippen molar-refractivity contribution in [2.24, 2.45) is 0 Å². The molecule has 3 N–H and O–H groups in total. The Labute approximate surface area is 253 Å². The summed E-state index contributed by atoms with van der Waals surface area (Å²) >= 11 is 0. The van der Waals surface area contributed by atoms with Gasteiger partial charge < -0.3 is 19.9 Å². The Kier molecular flexibility index (Phi) is 7.41. The molecule has 0 bridgehead atoms. The number of nitrogens with zero attached hydrogens (tertiary/aromatic N) is 3. The Morgan fingerprint density at radius 3 is 2.64 bits per heavy atom. The number of sulfonamides is 1. The lowest BCUT2D eigenvalue weighted by atomic mass is 9.57. The SMILES string of the molecule is CC(C)NCCOc1ncc(-c2cc3c4c(cnc3cc2F)N(C)C(=O)C42CC(c3cc[nH]c(=O)c3)C2)cc1NS(C)(=O)=O. The summed E-state index contributed by atoms with van der Waals surface area (Å²) in [6.07, 6.45) is 6.65. The number of anilines is 2. The van der Waals surface area contributed by atoms with Crippen molar-refractivity contribution in [3.8, 4) is 17.0 Å². The Hall–Kier alpha value is -4.36. The number of fused-ring (bicyclic) bond motifs is 4. The molecule has 1 aliphatic carbocycles. The predicted octanol–water partition coefficient (Wildman–Crippen LogP) is 3.66. The van der Waals surface area contributed by atoms with Crippen molar-refractivity contribution in [3.05, 3.63) is 76.2 Å². The molecule has 0 saturated heterocycles. The zero-order chi connectivity index (χ0) is 31.4. The summed E-state index contributed by atoms with van der Waals surface area (Å²) in [5.41, 5.74) is 2.23. The van der Waals surface area contributed by atoms with Gasteiger partial charge in [0, 0.05) is 66.2 Å². The first-order valence-corrected chi connectivity index (χ1v) is 16.2. The Morgan fingerprint density at radius 2 is 1.93 bits per heavy atom. The number of hydrogen-bond donors (Lipinski definition) is 3. The van der Waals surface area contributed by atoms with Gasteiger partial charge >= 0.3 is 0 Å². The number of rotatable bonds is 9. The minimum atomic E-state index is -3.70. The first kappa shape index (κ1) is 29.7. The second-order valence-electron chi connectivity index (χ2n) is 11.8. The van der Waals surface area contributed by atoms with Crippen molar-refractivity contribution in [3.63, 3.8) is 0 Å². The van der Waals surface area contributed by atoms with Crippen LogP contribution in [0.1, 0.15) is 43.7 Å². The number of carbonyl (C=O) groups excluding carboxylic acids is 1. The fourth-order valence-electron chi connectivity index (χ4n) is 6.31. The summed E-state index contributed by atoms with van der Waals surface area (Å²) in [4.78, 5) is 38.6. The third-order valence-corrected chi connectivity index (χ3v) is 8.89. The topological polar surface area (TPSA) is 146 Å². The van der Waals surface area contributed by atoms with Crippen molar-refractivity contribution in [1.82, 2.24) is 20.3 Å². The molecule has 1 amide bonds. The van der Waals surface area contributed by atoms with Crippen LogP contribution >= 0.6 is 0 Å². The van der Waals surface area contributed by atoms with E-state index in [0.29, 0.717) is 41.5 Å². The van der Waals surface area contributed by atoms with E-state index in [1.54, 1.807) is 36.5 Å². The van der Waals surface area contributed by atoms with Gasteiger partial charge in [-0.25, -0.2) is 17.8 Å². The van der Waals surface area contributed by atoms with E-state index in [2.05, 4.69) is 25.0 Å². The van der Waals surface area contributed by atoms with E-state index in [1.165, 1.54) is 18.3 Å². The molecule has 11 nitrogen and oxygen atoms in total. The van der Waals surface area contributed by atoms with Crippen LogP contribution in [0.25, 0.3) is 22.0 Å². The first-order valence-electron chi connectivity index (χ1n) is 14.3. The summed E-state index contributed by atoms with van der Waals surface area (Å²) in [5.74, 6) is -0.558. The molecule has 1 aromatic carbocycles. The van der Waals surface area contributed by atoms with Crippen LogP contribution in [0.4, 0.5) is 15.8 Å². The van der Waals surface area contributed by atoms with Crippen LogP contribution < -0.4 is 25.2 Å². The molecule has 230 valence electrons. The minimum absolute atomic E-state index is 0.0147. The van der Waals surface area contributed by atoms with Gasteiger partial charge in [0.25, 0.3) is 0 Å². The number of nitrogens with one attached hydrogen (secondary N) is 3. The van der Waals surface area contributed by atoms with E-state index in [0.717, 1.165) is 17.4 Å². The van der Waals surface area contributed by atoms with Crippen LogP contribution in [0, 0.1) is 5.82 Å². The molecule has 13 heteroatoms. The third kappa shape index (κ3) is 5.30. The van der Waals surface area contributed by atoms with Gasteiger partial charge in [-0.3, -0.25) is 19.3 Å². The van der Waals surface area contributed by atoms with Gasteiger partial charge in [0.1, 0.15) is 18.1 Å². The highest BCUT2D eigenvalue weighted by atomic mass is 32.2. The van der Waals surface area contributed by atoms with Crippen LogP contribution in [0.3, 0.4) is 0 Å². The van der Waals surface area contributed by atoms with E-state index in [1.807, 2.05) is 19.9 Å². The zero-order valence-electron chi connectivity index (χ0n) is 24.8. The largest absolute Gasteiger partial charge is 0.475 e. The summed E-state index contributed by atoms with van der Waals surface area (Å²) in [6, 6.07) is 8.11. The van der Waals surface area contributed by atoms with Crippen LogP contribution in [0.2, 0.25) is 0 Å². The second kappa shape index (κ2) is 11.0. The Morgan fingerprint density at radius 1 is 1.16 bits per heavy atom. The molecule has 6 rings (SSSR count). The van der Waals surface area contributed by atoms with Gasteiger partial charge in [-0.1, -0.05) is 13.8 Å². The van der Waals surface area contributed by atoms with Crippen LogP contribution in [-0.2, 0) is 20.2 Å². The van der Waals surface area contributed by atoms with Crippen LogP contribution in [0.5, 0.6) is 5.88 Å². The average molecular weight is 621 g/mol. The van der Waals surface area contributed by atoms with Gasteiger partial charge in [-0.2, -0.15) is 0 Å². The molecule has 0 radical (unpaired) electrons. The normalized spacial score (nSPS) is 19.5. The van der Waals surface area contributed by atoms with E-state index in [9.17, 15) is 18.0 Å². The van der Waals surface area contributed by atoms with Gasteiger partial charge in [0.15, 0.2) is 0 Å². The second-order valence-corrected chi connectivity index (χ2v) is 13.6. The molecule has 1 spiro atoms. The van der Waals surface area contributed by atoms with Gasteiger partial charge in [0.2, 0.25) is 27.4 Å². The molecular weight excluding hydrogens is 587 g/mol. The molecule has 4 aromatic rings. The number of aromatic amines is 1. The molecule has 4 heterocycles. The summed E-state index contributed by atoms with van der Waals surface area (Å²) in [6.45, 7) is 4.76. The highest BCUT2D eigenvalue weighted by molar-refractivity contribution is 7.92. The summed E-state index contributed by atoms with van der Waals surface area (Å²) < 4.78 is 48.2. The highest BCUT2D eigenvalue weighted by Crippen LogP contribution is 2.60. The molecule has 44 heavy (non-hydrogen) atoms. The average Bonchev–Trinajstić information content (AvgIpc) is 3.16. The Balaban J connectivity index is 1.41. The predicted molar refractivity (Wildman–Crippen MR) is 166 cm³/mol. The van der Waals surface area contributed by atoms with Crippen molar-refractivity contribution in [2.45, 2.75) is 44.1 Å². The monoisotopic (exact) mass is 620 g/mol. The van der Waals surface area contributed by atoms with Crippen molar-refractivity contribution >= 4 is 38.2 Å². The quantitative estimate of drug-likeness (QED) is 0.240. The fourth-order valence-corrected chi connectivity index (χ4v) is 6.86. The number of aromatic nitrogens is 3. The van der Waals surface area contributed by atoms with Crippen molar-refractivity contribution in [1.29, 1.82) is 0 Å². The molecule has 1 saturated carbocycles. The van der Waals surface area contributed by atoms with Crippen LogP contribution in [0.15, 0.2) is 53.7 Å². The summed E-state index contributed by atoms with van der Waals surface area (Å²) in [7, 11) is -2.00. The molecular formula is C31H33FN6O5S. The number of likely N-dealkylation sites (N-methyl/N-ethyl adjacent to an activating group) is 1. The maximum absolute atomic E-state index is 15.7. The van der Waals surface area contributed by atoms with Crippen LogP contribution in [-0.4, -0.2) is 61.8 Å². The first-order chi connectivity index (χ1) is 20.9. The number of carbonyl (C=O) groups is 1. The molecule has 3 aromatic heterocycles. The lowest BCUT2D eigenvalue weighted by Gasteiger charge is -2.44. The minimum Gasteiger partial charge on any atom is -0.475 e. The maximum atomic E-state index is 15.7. The standard InChI is InChI=1S/C31H33FN6O5S/c1-17(2)33-7-8-43-29-25(37-44(4,41)42)9-19(15-36-29)21-11-22-24(12-23(21)32)35-16-26-28(22)31(30(40)38(26)3)13-20(14-31)18-5-6-34-27(39)10-18/h5-6,9-12,15-17,20,33,37H,7-8,13-14H2,1-4H3,(H,34,39). The molecule has 0 atom stereocenters. The number of H-pyrrole nitrogens is 1. The van der Waals surface area contributed by atoms with Gasteiger partial charge in [0.05, 0.1) is 29.1 Å². The van der Waals surface area contributed by atoms with E-state index in [4.69, 9.17) is 4.74 Å². The summed E-state index contributed by atoms with van der Waals surface area (Å²) in [5, 5.41) is 3.84. The molecule has 1 fully saturated rings. The van der Waals surface area contributed by atoms with Crippen molar-refractivity contribution in [2.75, 3.05) is 36.1 Å². The lowest BCUT2D eigenvalue weighted by Crippen LogP contribution is -2.48. The van der Waals surface area contributed by atoms with E-state index < -0.39 is 21.3 Å². The van der Waals surface area contributed by atoms with Gasteiger partial charge in [-0.15, -0.1) is 0 Å². The molecule has 2 aliphatic rings. The number of amides is 1. The lowest BCUT2D eigenvalue weighted by molar-refractivity contribution is -0.126. The number of ether oxygens (including phenoxy) is 1. The van der Waals surface area contributed by atoms with E-state index in [-0.39, 0.29) is 47.2 Å². The third-order valence-electron chi connectivity index (χ3n) is 8.30. The molecule has 1 aliphatic heterocycles. The highest BCUT2D eigenvalue weighted by Gasteiger charge is 2.58. The number of halogens is 1. The fraction of sp³-hybridized carbons (Fsp3) is 0.355. The number of pyridine rings is 3. The van der Waals surface area contributed by atoms with Crippen molar-refractivity contribution < 1.29 is 22.3 Å². The maximum Gasteiger partial charge on any atom is 0.248 e. The number of benzene rings is 1. The smallest absolute Gasteiger partial charge is 0.248 e.